The molecule has 0 aliphatic rings. The molecule has 0 bridgehead atoms. The summed E-state index contributed by atoms with van der Waals surface area (Å²) in [6.45, 7) is 2.43. The fourth-order valence-electron chi connectivity index (χ4n) is 3.61. The number of ether oxygens (including phenoxy) is 1. The van der Waals surface area contributed by atoms with E-state index >= 15 is 0 Å². The van der Waals surface area contributed by atoms with Crippen molar-refractivity contribution in [1.29, 1.82) is 0 Å². The second-order valence-corrected chi connectivity index (χ2v) is 7.98. The average Bonchev–Trinajstić information content (AvgIpc) is 3.19. The maximum atomic E-state index is 12.1. The molecule has 0 fully saturated rings. The summed E-state index contributed by atoms with van der Waals surface area (Å²) in [4.78, 5) is 19.5. The van der Waals surface area contributed by atoms with Crippen LogP contribution < -0.4 is 4.74 Å². The number of aryl methyl sites for hydroxylation is 1. The molecule has 0 aliphatic heterocycles. The summed E-state index contributed by atoms with van der Waals surface area (Å²) >= 11 is 6.33. The molecule has 3 aromatic carbocycles. The minimum absolute atomic E-state index is 0.177. The van der Waals surface area contributed by atoms with Crippen molar-refractivity contribution < 1.29 is 14.6 Å². The van der Waals surface area contributed by atoms with Crippen molar-refractivity contribution in [2.45, 2.75) is 25.9 Å². The summed E-state index contributed by atoms with van der Waals surface area (Å²) in [5.41, 5.74) is 4.17. The van der Waals surface area contributed by atoms with Crippen LogP contribution in [-0.4, -0.2) is 21.0 Å². The largest absolute Gasteiger partial charge is 0.489 e. The zero-order valence-electron chi connectivity index (χ0n) is 17.6. The summed E-state index contributed by atoms with van der Waals surface area (Å²) in [7, 11) is 0. The Hall–Kier alpha value is -3.57. The van der Waals surface area contributed by atoms with E-state index < -0.39 is 11.9 Å². The van der Waals surface area contributed by atoms with Gasteiger partial charge in [0.25, 0.3) is 0 Å². The lowest BCUT2D eigenvalue weighted by Gasteiger charge is -2.14. The Bertz CT molecular complexity index is 1210. The maximum absolute atomic E-state index is 12.1. The molecule has 162 valence electrons. The number of nitrogens with one attached hydrogen (secondary N) is 1. The second-order valence-electron chi connectivity index (χ2n) is 7.62. The third-order valence-corrected chi connectivity index (χ3v) is 5.58. The fraction of sp³-hybridized carbons (Fsp3) is 0.154. The van der Waals surface area contributed by atoms with Crippen molar-refractivity contribution in [3.63, 3.8) is 0 Å². The molecule has 2 N–H and O–H groups in total. The number of aliphatic carboxylic acids is 1. The Morgan fingerprint density at radius 3 is 2.38 bits per heavy atom. The number of rotatable bonds is 8. The number of hydrogen-bond acceptors (Lipinski definition) is 3. The molecule has 6 heteroatoms. The first-order valence-electron chi connectivity index (χ1n) is 10.3. The number of H-pyrrole nitrogens is 1. The lowest BCUT2D eigenvalue weighted by atomic mass is 9.95. The Kier molecular flexibility index (Phi) is 6.57. The standard InChI is InChI=1S/C26H23ClN2O3/c1-17-14-19(12-13-22(17)32-16-18-8-4-2-5-9-18)15-21(26(30)31)23-24(27)29-25(28-23)20-10-6-3-7-11-20/h2-14,21H,15-16H2,1H3,(H,28,29)(H,30,31). The fourth-order valence-corrected chi connectivity index (χ4v) is 3.88. The quantitative estimate of drug-likeness (QED) is 0.346. The van der Waals surface area contributed by atoms with E-state index in [1.165, 1.54) is 0 Å². The van der Waals surface area contributed by atoms with Gasteiger partial charge in [-0.25, -0.2) is 4.98 Å². The highest BCUT2D eigenvalue weighted by Gasteiger charge is 2.26. The van der Waals surface area contributed by atoms with Crippen LogP contribution >= 0.6 is 11.6 Å². The monoisotopic (exact) mass is 446 g/mol. The maximum Gasteiger partial charge on any atom is 0.312 e. The number of halogens is 1. The normalized spacial score (nSPS) is 11.8. The van der Waals surface area contributed by atoms with E-state index in [9.17, 15) is 9.90 Å². The number of nitrogens with zero attached hydrogens (tertiary/aromatic N) is 1. The highest BCUT2D eigenvalue weighted by atomic mass is 35.5. The summed E-state index contributed by atoms with van der Waals surface area (Å²) in [5, 5.41) is 10.1. The van der Waals surface area contributed by atoms with Crippen molar-refractivity contribution >= 4 is 17.6 Å². The number of aromatic amines is 1. The highest BCUT2D eigenvalue weighted by molar-refractivity contribution is 6.30. The molecule has 0 aliphatic carbocycles. The molecular weight excluding hydrogens is 424 g/mol. The number of benzene rings is 3. The van der Waals surface area contributed by atoms with Gasteiger partial charge < -0.3 is 14.8 Å². The smallest absolute Gasteiger partial charge is 0.312 e. The van der Waals surface area contributed by atoms with E-state index in [1.807, 2.05) is 85.8 Å². The third-order valence-electron chi connectivity index (χ3n) is 5.30. The second kappa shape index (κ2) is 9.71. The van der Waals surface area contributed by atoms with Gasteiger partial charge in [0.15, 0.2) is 5.15 Å². The molecule has 5 nitrogen and oxygen atoms in total. The number of carboxylic acid groups (broad SMARTS) is 1. The summed E-state index contributed by atoms with van der Waals surface area (Å²) in [6.07, 6.45) is 0.283. The van der Waals surface area contributed by atoms with Gasteiger partial charge in [-0.15, -0.1) is 0 Å². The molecule has 1 atom stereocenters. The van der Waals surface area contributed by atoms with Crippen LogP contribution in [0.4, 0.5) is 0 Å². The van der Waals surface area contributed by atoms with E-state index in [0.29, 0.717) is 18.1 Å². The summed E-state index contributed by atoms with van der Waals surface area (Å²) in [5.74, 6) is -0.478. The van der Waals surface area contributed by atoms with Crippen molar-refractivity contribution in [2.75, 3.05) is 0 Å². The first-order chi connectivity index (χ1) is 15.5. The molecule has 0 saturated carbocycles. The van der Waals surface area contributed by atoms with Crippen LogP contribution in [0.1, 0.15) is 28.3 Å². The van der Waals surface area contributed by atoms with Crippen molar-refractivity contribution in [3.05, 3.63) is 106 Å². The molecule has 1 aromatic heterocycles. The minimum Gasteiger partial charge on any atom is -0.489 e. The van der Waals surface area contributed by atoms with Gasteiger partial charge in [-0.1, -0.05) is 84.4 Å². The van der Waals surface area contributed by atoms with E-state index in [-0.39, 0.29) is 11.6 Å². The zero-order valence-corrected chi connectivity index (χ0v) is 18.3. The first-order valence-corrected chi connectivity index (χ1v) is 10.7. The Labute approximate surface area is 191 Å². The molecule has 0 amide bonds. The van der Waals surface area contributed by atoms with Gasteiger partial charge in [-0.2, -0.15) is 0 Å². The Morgan fingerprint density at radius 2 is 1.72 bits per heavy atom. The van der Waals surface area contributed by atoms with Gasteiger partial charge in [0.2, 0.25) is 0 Å². The Morgan fingerprint density at radius 1 is 1.03 bits per heavy atom. The molecular formula is C26H23ClN2O3. The van der Waals surface area contributed by atoms with Gasteiger partial charge in [0.05, 0.1) is 5.69 Å². The summed E-state index contributed by atoms with van der Waals surface area (Å²) < 4.78 is 5.93. The predicted octanol–water partition coefficient (Wildman–Crippen LogP) is 6.03. The van der Waals surface area contributed by atoms with Gasteiger partial charge in [-0.3, -0.25) is 4.79 Å². The SMILES string of the molecule is Cc1cc(CC(C(=O)O)c2[nH]c(-c3ccccc3)nc2Cl)ccc1OCc1ccccc1. The van der Waals surface area contributed by atoms with Crippen LogP contribution in [0.15, 0.2) is 78.9 Å². The van der Waals surface area contributed by atoms with Gasteiger partial charge in [-0.05, 0) is 36.1 Å². The van der Waals surface area contributed by atoms with Crippen LogP contribution in [0.5, 0.6) is 5.75 Å². The molecule has 1 heterocycles. The van der Waals surface area contributed by atoms with E-state index in [2.05, 4.69) is 9.97 Å². The molecule has 0 radical (unpaired) electrons. The third kappa shape index (κ3) is 5.01. The van der Waals surface area contributed by atoms with Gasteiger partial charge in [0, 0.05) is 5.56 Å². The molecule has 4 aromatic rings. The van der Waals surface area contributed by atoms with Crippen molar-refractivity contribution in [3.8, 4) is 17.1 Å². The van der Waals surface area contributed by atoms with Crippen LogP contribution in [0.25, 0.3) is 11.4 Å². The van der Waals surface area contributed by atoms with E-state index in [4.69, 9.17) is 16.3 Å². The number of aromatic nitrogens is 2. The van der Waals surface area contributed by atoms with Crippen LogP contribution in [0.2, 0.25) is 5.15 Å². The number of carbonyl (C=O) groups is 1. The molecule has 32 heavy (non-hydrogen) atoms. The van der Waals surface area contributed by atoms with E-state index in [1.54, 1.807) is 0 Å². The highest BCUT2D eigenvalue weighted by Crippen LogP contribution is 2.30. The lowest BCUT2D eigenvalue weighted by Crippen LogP contribution is -2.15. The van der Waals surface area contributed by atoms with Crippen molar-refractivity contribution in [1.82, 2.24) is 9.97 Å². The van der Waals surface area contributed by atoms with Crippen molar-refractivity contribution in [2.24, 2.45) is 0 Å². The van der Waals surface area contributed by atoms with E-state index in [0.717, 1.165) is 28.0 Å². The van der Waals surface area contributed by atoms with Crippen LogP contribution in [0.3, 0.4) is 0 Å². The first kappa shape index (κ1) is 21.7. The molecule has 1 unspecified atom stereocenters. The number of hydrogen-bond donors (Lipinski definition) is 2. The molecule has 0 saturated heterocycles. The number of carboxylic acids is 1. The topological polar surface area (TPSA) is 75.2 Å². The number of imidazole rings is 1. The van der Waals surface area contributed by atoms with Gasteiger partial charge >= 0.3 is 5.97 Å². The lowest BCUT2D eigenvalue weighted by molar-refractivity contribution is -0.138. The average molecular weight is 447 g/mol. The Balaban J connectivity index is 1.52. The van der Waals surface area contributed by atoms with Crippen LogP contribution in [-0.2, 0) is 17.8 Å². The summed E-state index contributed by atoms with van der Waals surface area (Å²) in [6, 6.07) is 25.2. The molecule has 0 spiro atoms. The van der Waals surface area contributed by atoms with Gasteiger partial charge in [0.1, 0.15) is 24.1 Å². The predicted molar refractivity (Wildman–Crippen MR) is 125 cm³/mol. The molecule has 4 rings (SSSR count). The zero-order chi connectivity index (χ0) is 22.5. The minimum atomic E-state index is -0.961. The van der Waals surface area contributed by atoms with Crippen LogP contribution in [0, 0.1) is 6.92 Å².